The molecule has 2 aromatic heterocycles. The lowest BCUT2D eigenvalue weighted by molar-refractivity contribution is -0.142. The van der Waals surface area contributed by atoms with E-state index in [-0.39, 0.29) is 11.8 Å². The van der Waals surface area contributed by atoms with Gasteiger partial charge in [-0.1, -0.05) is 13.3 Å². The zero-order valence-corrected chi connectivity index (χ0v) is 11.8. The number of hydrogen-bond acceptors (Lipinski definition) is 3. The summed E-state index contributed by atoms with van der Waals surface area (Å²) < 4.78 is 2.00. The van der Waals surface area contributed by atoms with Crippen molar-refractivity contribution >= 4 is 17.0 Å². The van der Waals surface area contributed by atoms with Crippen molar-refractivity contribution < 1.29 is 9.90 Å². The Labute approximate surface area is 117 Å². The minimum atomic E-state index is -0.698. The Kier molecular flexibility index (Phi) is 3.20. The predicted molar refractivity (Wildman–Crippen MR) is 75.4 cm³/mol. The maximum atomic E-state index is 11.5. The number of imidazole rings is 1. The van der Waals surface area contributed by atoms with Crippen LogP contribution in [0.3, 0.4) is 0 Å². The number of rotatable bonds is 3. The Balaban J connectivity index is 2.04. The highest BCUT2D eigenvalue weighted by Gasteiger charge is 2.41. The van der Waals surface area contributed by atoms with Crippen molar-refractivity contribution in [2.75, 3.05) is 0 Å². The molecule has 0 bridgehead atoms. The molecule has 106 valence electrons. The van der Waals surface area contributed by atoms with E-state index in [0.29, 0.717) is 5.92 Å². The Morgan fingerprint density at radius 3 is 2.95 bits per heavy atom. The maximum Gasteiger partial charge on any atom is 0.307 e. The summed E-state index contributed by atoms with van der Waals surface area (Å²) in [5.74, 6) is 0.366. The summed E-state index contributed by atoms with van der Waals surface area (Å²) >= 11 is 0. The first kappa shape index (κ1) is 13.1. The van der Waals surface area contributed by atoms with Gasteiger partial charge in [0.15, 0.2) is 0 Å². The number of carbonyl (C=O) groups is 1. The molecule has 5 nitrogen and oxygen atoms in total. The maximum absolute atomic E-state index is 11.5. The third-order valence-electron chi connectivity index (χ3n) is 4.60. The van der Waals surface area contributed by atoms with E-state index in [9.17, 15) is 9.90 Å². The van der Waals surface area contributed by atoms with Crippen LogP contribution in [0.25, 0.3) is 11.0 Å². The van der Waals surface area contributed by atoms with Crippen molar-refractivity contribution in [3.8, 4) is 0 Å². The molecule has 0 spiro atoms. The number of aliphatic carboxylic acids is 1. The molecule has 0 aliphatic heterocycles. The van der Waals surface area contributed by atoms with Gasteiger partial charge in [-0.2, -0.15) is 0 Å². The molecule has 5 heteroatoms. The van der Waals surface area contributed by atoms with Gasteiger partial charge in [-0.3, -0.25) is 9.78 Å². The van der Waals surface area contributed by atoms with Gasteiger partial charge >= 0.3 is 5.97 Å². The molecule has 0 saturated heterocycles. The van der Waals surface area contributed by atoms with Crippen LogP contribution in [0.5, 0.6) is 0 Å². The number of fused-ring (bicyclic) bond motifs is 1. The minimum Gasteiger partial charge on any atom is -0.481 e. The lowest BCUT2D eigenvalue weighted by Crippen LogP contribution is -2.19. The highest BCUT2D eigenvalue weighted by Crippen LogP contribution is 2.44. The number of nitrogens with zero attached hydrogens (tertiary/aromatic N) is 3. The Bertz CT molecular complexity index is 650. The highest BCUT2D eigenvalue weighted by molar-refractivity contribution is 5.76. The van der Waals surface area contributed by atoms with Crippen molar-refractivity contribution in [1.82, 2.24) is 14.5 Å². The third kappa shape index (κ3) is 1.97. The van der Waals surface area contributed by atoms with Crippen molar-refractivity contribution in [1.29, 1.82) is 0 Å². The molecule has 2 heterocycles. The Morgan fingerprint density at radius 2 is 2.30 bits per heavy atom. The molecular weight excluding hydrogens is 254 g/mol. The van der Waals surface area contributed by atoms with Gasteiger partial charge in [-0.25, -0.2) is 4.98 Å². The van der Waals surface area contributed by atoms with Crippen LogP contribution in [0.2, 0.25) is 0 Å². The normalized spacial score (nSPS) is 26.2. The monoisotopic (exact) mass is 273 g/mol. The van der Waals surface area contributed by atoms with Crippen molar-refractivity contribution in [3.63, 3.8) is 0 Å². The van der Waals surface area contributed by atoms with Gasteiger partial charge < -0.3 is 9.67 Å². The molecular formula is C15H19N3O2. The molecule has 0 aromatic carbocycles. The fourth-order valence-corrected chi connectivity index (χ4v) is 3.42. The quantitative estimate of drug-likeness (QED) is 0.933. The summed E-state index contributed by atoms with van der Waals surface area (Å²) in [4.78, 5) is 20.3. The molecule has 2 aromatic rings. The zero-order chi connectivity index (χ0) is 14.3. The van der Waals surface area contributed by atoms with Crippen LogP contribution in [0.4, 0.5) is 0 Å². The van der Waals surface area contributed by atoms with Crippen molar-refractivity contribution in [2.24, 2.45) is 18.9 Å². The van der Waals surface area contributed by atoms with E-state index in [2.05, 4.69) is 16.9 Å². The molecule has 3 rings (SSSR count). The highest BCUT2D eigenvalue weighted by atomic mass is 16.4. The van der Waals surface area contributed by atoms with Gasteiger partial charge in [0.05, 0.1) is 23.1 Å². The molecule has 20 heavy (non-hydrogen) atoms. The first-order valence-corrected chi connectivity index (χ1v) is 7.11. The lowest BCUT2D eigenvalue weighted by atomic mass is 9.95. The number of aromatic nitrogens is 3. The van der Waals surface area contributed by atoms with Crippen LogP contribution >= 0.6 is 0 Å². The summed E-state index contributed by atoms with van der Waals surface area (Å²) in [5.41, 5.74) is 1.85. The summed E-state index contributed by atoms with van der Waals surface area (Å²) in [7, 11) is 1.95. The van der Waals surface area contributed by atoms with Gasteiger partial charge in [-0.05, 0) is 24.8 Å². The second-order valence-corrected chi connectivity index (χ2v) is 5.69. The van der Waals surface area contributed by atoms with Gasteiger partial charge in [0, 0.05) is 19.2 Å². The average molecular weight is 273 g/mol. The number of pyridine rings is 1. The fourth-order valence-electron chi connectivity index (χ4n) is 3.42. The van der Waals surface area contributed by atoms with E-state index in [4.69, 9.17) is 0 Å². The number of carboxylic acids is 1. The summed E-state index contributed by atoms with van der Waals surface area (Å²) in [6.45, 7) is 2.13. The van der Waals surface area contributed by atoms with E-state index >= 15 is 0 Å². The molecule has 0 amide bonds. The van der Waals surface area contributed by atoms with Crippen LogP contribution in [0.15, 0.2) is 18.5 Å². The van der Waals surface area contributed by atoms with Crippen LogP contribution < -0.4 is 0 Å². The molecule has 3 atom stereocenters. The number of carboxylic acid groups (broad SMARTS) is 1. The Morgan fingerprint density at radius 1 is 1.50 bits per heavy atom. The van der Waals surface area contributed by atoms with E-state index < -0.39 is 5.97 Å². The Hall–Kier alpha value is -1.91. The number of aryl methyl sites for hydroxylation is 1. The van der Waals surface area contributed by atoms with Crippen LogP contribution in [-0.2, 0) is 11.8 Å². The molecule has 1 N–H and O–H groups in total. The van der Waals surface area contributed by atoms with Gasteiger partial charge in [0.25, 0.3) is 0 Å². The molecule has 1 aliphatic rings. The average Bonchev–Trinajstić information content (AvgIpc) is 3.01. The number of hydrogen-bond donors (Lipinski definition) is 1. The largest absolute Gasteiger partial charge is 0.481 e. The van der Waals surface area contributed by atoms with E-state index in [0.717, 1.165) is 36.1 Å². The first-order chi connectivity index (χ1) is 9.61. The van der Waals surface area contributed by atoms with Crippen LogP contribution in [-0.4, -0.2) is 25.6 Å². The second-order valence-electron chi connectivity index (χ2n) is 5.69. The van der Waals surface area contributed by atoms with Crippen molar-refractivity contribution in [3.05, 3.63) is 24.3 Å². The molecule has 1 saturated carbocycles. The van der Waals surface area contributed by atoms with E-state index in [1.165, 1.54) is 0 Å². The van der Waals surface area contributed by atoms with Gasteiger partial charge in [0.2, 0.25) is 0 Å². The van der Waals surface area contributed by atoms with Gasteiger partial charge in [-0.15, -0.1) is 0 Å². The topological polar surface area (TPSA) is 68.0 Å². The zero-order valence-electron chi connectivity index (χ0n) is 11.8. The van der Waals surface area contributed by atoms with Crippen LogP contribution in [0, 0.1) is 11.8 Å². The smallest absolute Gasteiger partial charge is 0.307 e. The summed E-state index contributed by atoms with van der Waals surface area (Å²) in [5, 5.41) is 9.47. The predicted octanol–water partition coefficient (Wildman–Crippen LogP) is 2.57. The summed E-state index contributed by atoms with van der Waals surface area (Å²) in [6, 6.07) is 1.88. The standard InChI is InChI=1S/C15H19N3O2/c1-3-9-6-10(11(7-9)15(19)20)14-17-12-4-5-16-8-13(12)18(14)2/h4-5,8-11H,3,6-7H2,1-2H3,(H,19,20). The molecule has 3 unspecified atom stereocenters. The molecule has 1 aliphatic carbocycles. The second kappa shape index (κ2) is 4.89. The van der Waals surface area contributed by atoms with E-state index in [1.54, 1.807) is 12.4 Å². The lowest BCUT2D eigenvalue weighted by Gasteiger charge is -2.15. The molecule has 0 radical (unpaired) electrons. The fraction of sp³-hybridized carbons (Fsp3) is 0.533. The molecule has 1 fully saturated rings. The van der Waals surface area contributed by atoms with E-state index in [1.807, 2.05) is 17.7 Å². The third-order valence-corrected chi connectivity index (χ3v) is 4.60. The van der Waals surface area contributed by atoms with Crippen molar-refractivity contribution in [2.45, 2.75) is 32.1 Å². The summed E-state index contributed by atoms with van der Waals surface area (Å²) in [6.07, 6.45) is 6.22. The van der Waals surface area contributed by atoms with Crippen LogP contribution in [0.1, 0.15) is 37.9 Å². The SMILES string of the molecule is CCC1CC(C(=O)O)C(c2nc3ccncc3n2C)C1. The minimum absolute atomic E-state index is 0.00912. The van der Waals surface area contributed by atoms with Gasteiger partial charge in [0.1, 0.15) is 5.82 Å². The first-order valence-electron chi connectivity index (χ1n) is 7.11.